The summed E-state index contributed by atoms with van der Waals surface area (Å²) < 4.78 is 0. The molecule has 0 bridgehead atoms. The summed E-state index contributed by atoms with van der Waals surface area (Å²) in [7, 11) is 0. The lowest BCUT2D eigenvalue weighted by atomic mass is 10.2. The SMILES string of the molecule is Cl.Clc1cc(NCc2ccccc2)cc(Cl)c1NC1=NCCN1. The van der Waals surface area contributed by atoms with Crippen molar-refractivity contribution in [3.63, 3.8) is 0 Å². The van der Waals surface area contributed by atoms with E-state index in [0.29, 0.717) is 28.2 Å². The van der Waals surface area contributed by atoms with Crippen molar-refractivity contribution in [3.8, 4) is 0 Å². The van der Waals surface area contributed by atoms with Gasteiger partial charge in [0.25, 0.3) is 0 Å². The molecule has 3 rings (SSSR count). The van der Waals surface area contributed by atoms with E-state index < -0.39 is 0 Å². The molecular weight excluding hydrogens is 355 g/mol. The summed E-state index contributed by atoms with van der Waals surface area (Å²) in [6.07, 6.45) is 0. The quantitative estimate of drug-likeness (QED) is 0.746. The van der Waals surface area contributed by atoms with Gasteiger partial charge < -0.3 is 16.0 Å². The van der Waals surface area contributed by atoms with Gasteiger partial charge in [0.2, 0.25) is 0 Å². The van der Waals surface area contributed by atoms with Crippen LogP contribution < -0.4 is 16.0 Å². The van der Waals surface area contributed by atoms with Crippen molar-refractivity contribution >= 4 is 52.9 Å². The maximum Gasteiger partial charge on any atom is 0.196 e. The van der Waals surface area contributed by atoms with E-state index in [1.165, 1.54) is 5.56 Å². The zero-order valence-electron chi connectivity index (χ0n) is 12.3. The molecule has 3 N–H and O–H groups in total. The Kier molecular flexibility index (Phi) is 6.39. The molecule has 1 aliphatic heterocycles. The fourth-order valence-corrected chi connectivity index (χ4v) is 2.78. The molecule has 2 aromatic rings. The lowest BCUT2D eigenvalue weighted by molar-refractivity contribution is 0.959. The van der Waals surface area contributed by atoms with Crippen molar-refractivity contribution < 1.29 is 0 Å². The number of guanidine groups is 1. The molecule has 0 unspecified atom stereocenters. The average molecular weight is 372 g/mol. The second kappa shape index (κ2) is 8.29. The Morgan fingerprint density at radius 1 is 1.09 bits per heavy atom. The standard InChI is InChI=1S/C16H16Cl2N4.ClH/c17-13-8-12(21-10-11-4-2-1-3-5-11)9-14(18)15(13)22-16-19-6-7-20-16;/h1-5,8-9,21H,6-7,10H2,(H2,19,20,22);1H. The van der Waals surface area contributed by atoms with Gasteiger partial charge in [0.15, 0.2) is 5.96 Å². The topological polar surface area (TPSA) is 48.5 Å². The van der Waals surface area contributed by atoms with Crippen LogP contribution in [0.25, 0.3) is 0 Å². The van der Waals surface area contributed by atoms with Crippen LogP contribution in [-0.4, -0.2) is 19.0 Å². The van der Waals surface area contributed by atoms with E-state index in [9.17, 15) is 0 Å². The molecule has 122 valence electrons. The van der Waals surface area contributed by atoms with Crippen LogP contribution >= 0.6 is 35.6 Å². The Labute approximate surface area is 151 Å². The monoisotopic (exact) mass is 370 g/mol. The highest BCUT2D eigenvalue weighted by molar-refractivity contribution is 6.40. The van der Waals surface area contributed by atoms with Crippen molar-refractivity contribution in [2.45, 2.75) is 6.54 Å². The summed E-state index contributed by atoms with van der Waals surface area (Å²) in [5, 5.41) is 10.7. The molecule has 2 aromatic carbocycles. The Morgan fingerprint density at radius 2 is 1.78 bits per heavy atom. The van der Waals surface area contributed by atoms with Gasteiger partial charge >= 0.3 is 0 Å². The van der Waals surface area contributed by atoms with Crippen molar-refractivity contribution in [1.82, 2.24) is 5.32 Å². The van der Waals surface area contributed by atoms with Gasteiger partial charge in [-0.3, -0.25) is 4.99 Å². The molecular formula is C16H17Cl3N4. The van der Waals surface area contributed by atoms with Gasteiger partial charge in [-0.2, -0.15) is 0 Å². The van der Waals surface area contributed by atoms with E-state index in [2.05, 4.69) is 33.1 Å². The summed E-state index contributed by atoms with van der Waals surface area (Å²) in [6, 6.07) is 13.9. The van der Waals surface area contributed by atoms with Gasteiger partial charge in [0.1, 0.15) is 0 Å². The minimum Gasteiger partial charge on any atom is -0.381 e. The summed E-state index contributed by atoms with van der Waals surface area (Å²) in [5.74, 6) is 0.703. The second-order valence-electron chi connectivity index (χ2n) is 4.94. The Hall–Kier alpha value is -1.62. The van der Waals surface area contributed by atoms with Crippen LogP contribution in [0, 0.1) is 0 Å². The Morgan fingerprint density at radius 3 is 2.39 bits per heavy atom. The van der Waals surface area contributed by atoms with Gasteiger partial charge in [-0.25, -0.2) is 0 Å². The number of halogens is 3. The Balaban J connectivity index is 0.00000192. The maximum atomic E-state index is 6.33. The highest BCUT2D eigenvalue weighted by atomic mass is 35.5. The van der Waals surface area contributed by atoms with Crippen molar-refractivity contribution in [1.29, 1.82) is 0 Å². The van der Waals surface area contributed by atoms with Crippen molar-refractivity contribution in [2.24, 2.45) is 4.99 Å². The predicted octanol–water partition coefficient (Wildman–Crippen LogP) is 4.40. The third-order valence-corrected chi connectivity index (χ3v) is 3.90. The molecule has 0 spiro atoms. The van der Waals surface area contributed by atoms with E-state index in [1.54, 1.807) is 0 Å². The van der Waals surface area contributed by atoms with E-state index in [1.807, 2.05) is 30.3 Å². The zero-order valence-corrected chi connectivity index (χ0v) is 14.6. The first-order valence-corrected chi connectivity index (χ1v) is 7.80. The number of benzene rings is 2. The molecule has 23 heavy (non-hydrogen) atoms. The normalized spacial score (nSPS) is 12.9. The fourth-order valence-electron chi connectivity index (χ4n) is 2.19. The van der Waals surface area contributed by atoms with Crippen LogP contribution in [0.15, 0.2) is 47.5 Å². The molecule has 4 nitrogen and oxygen atoms in total. The third kappa shape index (κ3) is 4.67. The van der Waals surface area contributed by atoms with E-state index in [0.717, 1.165) is 18.8 Å². The summed E-state index contributed by atoms with van der Waals surface area (Å²) >= 11 is 12.7. The lowest BCUT2D eigenvalue weighted by Crippen LogP contribution is -2.26. The zero-order chi connectivity index (χ0) is 15.4. The first-order chi connectivity index (χ1) is 10.7. The molecule has 0 fully saturated rings. The molecule has 0 radical (unpaired) electrons. The highest BCUT2D eigenvalue weighted by Crippen LogP contribution is 2.34. The first kappa shape index (κ1) is 17.7. The number of hydrogen-bond donors (Lipinski definition) is 3. The largest absolute Gasteiger partial charge is 0.381 e. The molecule has 0 saturated carbocycles. The van der Waals surface area contributed by atoms with Crippen LogP contribution in [-0.2, 0) is 6.54 Å². The first-order valence-electron chi connectivity index (χ1n) is 7.04. The molecule has 0 saturated heterocycles. The van der Waals surface area contributed by atoms with Crippen LogP contribution in [0.2, 0.25) is 10.0 Å². The van der Waals surface area contributed by atoms with Gasteiger partial charge in [-0.15, -0.1) is 12.4 Å². The molecule has 0 aromatic heterocycles. The Bertz CT molecular complexity index is 666. The van der Waals surface area contributed by atoms with Gasteiger partial charge in [0, 0.05) is 18.8 Å². The van der Waals surface area contributed by atoms with Crippen LogP contribution in [0.3, 0.4) is 0 Å². The number of hydrogen-bond acceptors (Lipinski definition) is 4. The molecule has 7 heteroatoms. The predicted molar refractivity (Wildman–Crippen MR) is 101 cm³/mol. The average Bonchev–Trinajstić information content (AvgIpc) is 3.03. The van der Waals surface area contributed by atoms with Crippen molar-refractivity contribution in [3.05, 3.63) is 58.1 Å². The maximum absolute atomic E-state index is 6.33. The second-order valence-corrected chi connectivity index (χ2v) is 5.75. The molecule has 1 heterocycles. The van der Waals surface area contributed by atoms with Crippen LogP contribution in [0.1, 0.15) is 5.56 Å². The lowest BCUT2D eigenvalue weighted by Gasteiger charge is -2.13. The van der Waals surface area contributed by atoms with Gasteiger partial charge in [-0.1, -0.05) is 53.5 Å². The molecule has 1 aliphatic rings. The van der Waals surface area contributed by atoms with E-state index >= 15 is 0 Å². The summed E-state index contributed by atoms with van der Waals surface area (Å²) in [4.78, 5) is 4.27. The minimum absolute atomic E-state index is 0. The van der Waals surface area contributed by atoms with Crippen LogP contribution in [0.5, 0.6) is 0 Å². The fraction of sp³-hybridized carbons (Fsp3) is 0.188. The third-order valence-electron chi connectivity index (χ3n) is 3.30. The highest BCUT2D eigenvalue weighted by Gasteiger charge is 2.12. The van der Waals surface area contributed by atoms with Crippen LogP contribution in [0.4, 0.5) is 11.4 Å². The smallest absolute Gasteiger partial charge is 0.196 e. The molecule has 0 amide bonds. The number of nitrogens with one attached hydrogen (secondary N) is 3. The summed E-state index contributed by atoms with van der Waals surface area (Å²) in [6.45, 7) is 2.30. The number of aliphatic imine (C=N–C) groups is 1. The number of rotatable bonds is 4. The van der Waals surface area contributed by atoms with Gasteiger partial charge in [0.05, 0.1) is 22.3 Å². The van der Waals surface area contributed by atoms with Crippen molar-refractivity contribution in [2.75, 3.05) is 23.7 Å². The molecule has 0 atom stereocenters. The van der Waals surface area contributed by atoms with E-state index in [4.69, 9.17) is 23.2 Å². The minimum atomic E-state index is 0. The number of nitrogens with zero attached hydrogens (tertiary/aromatic N) is 1. The molecule has 0 aliphatic carbocycles. The summed E-state index contributed by atoms with van der Waals surface area (Å²) in [5.41, 5.74) is 2.74. The number of anilines is 2. The van der Waals surface area contributed by atoms with E-state index in [-0.39, 0.29) is 12.4 Å². The van der Waals surface area contributed by atoms with Gasteiger partial charge in [-0.05, 0) is 17.7 Å².